The van der Waals surface area contributed by atoms with E-state index >= 15 is 0 Å². The Kier molecular flexibility index (Phi) is 4.16. The molecule has 0 unspecified atom stereocenters. The van der Waals surface area contributed by atoms with Gasteiger partial charge in [0.25, 0.3) is 0 Å². The van der Waals surface area contributed by atoms with Gasteiger partial charge in [-0.25, -0.2) is 0 Å². The first-order valence-corrected chi connectivity index (χ1v) is 6.92. The van der Waals surface area contributed by atoms with Crippen LogP contribution in [0.25, 0.3) is 6.08 Å². The summed E-state index contributed by atoms with van der Waals surface area (Å²) in [6, 6.07) is 7.73. The maximum atomic E-state index is 12.4. The quantitative estimate of drug-likeness (QED) is 0.485. The summed E-state index contributed by atoms with van der Waals surface area (Å²) in [7, 11) is 2.76. The van der Waals surface area contributed by atoms with Gasteiger partial charge in [0.15, 0.2) is 5.41 Å². The van der Waals surface area contributed by atoms with E-state index in [0.29, 0.717) is 12.0 Å². The first-order chi connectivity index (χ1) is 10.0. The molecule has 1 aliphatic carbocycles. The lowest BCUT2D eigenvalue weighted by molar-refractivity contribution is -0.156. The first kappa shape index (κ1) is 15.3. The number of fused-ring (bicyclic) bond motifs is 1. The predicted octanol–water partition coefficient (Wildman–Crippen LogP) is 2.79. The second kappa shape index (κ2) is 5.72. The van der Waals surface area contributed by atoms with Crippen LogP contribution in [0.5, 0.6) is 0 Å². The van der Waals surface area contributed by atoms with Crippen LogP contribution in [0.2, 0.25) is 0 Å². The third-order valence-electron chi connectivity index (χ3n) is 4.11. The van der Waals surface area contributed by atoms with Crippen molar-refractivity contribution in [2.45, 2.75) is 19.8 Å². The Labute approximate surface area is 124 Å². The van der Waals surface area contributed by atoms with Crippen molar-refractivity contribution in [2.75, 3.05) is 14.2 Å². The topological polar surface area (TPSA) is 52.6 Å². The lowest BCUT2D eigenvalue weighted by Gasteiger charge is -2.40. The molecule has 2 rings (SSSR count). The summed E-state index contributed by atoms with van der Waals surface area (Å²) >= 11 is 0. The van der Waals surface area contributed by atoms with Crippen LogP contribution in [0.15, 0.2) is 30.0 Å². The lowest BCUT2D eigenvalue weighted by atomic mass is 9.63. The van der Waals surface area contributed by atoms with Gasteiger partial charge in [-0.05, 0) is 23.1 Å². The molecule has 0 saturated carbocycles. The highest BCUT2D eigenvalue weighted by Gasteiger charge is 2.55. The van der Waals surface area contributed by atoms with E-state index in [1.165, 1.54) is 14.2 Å². The minimum Gasteiger partial charge on any atom is -0.499 e. The van der Waals surface area contributed by atoms with E-state index in [2.05, 4.69) is 0 Å². The molecule has 1 aromatic carbocycles. The van der Waals surface area contributed by atoms with Crippen LogP contribution >= 0.6 is 0 Å². The molecule has 0 N–H and O–H groups in total. The van der Waals surface area contributed by atoms with Crippen LogP contribution < -0.4 is 0 Å². The van der Waals surface area contributed by atoms with Gasteiger partial charge in [-0.2, -0.15) is 0 Å². The Hall–Kier alpha value is -2.10. The molecule has 21 heavy (non-hydrogen) atoms. The maximum Gasteiger partial charge on any atom is 0.327 e. The summed E-state index contributed by atoms with van der Waals surface area (Å²) in [6.07, 6.45) is 2.41. The van der Waals surface area contributed by atoms with Crippen molar-refractivity contribution in [1.82, 2.24) is 0 Å². The van der Waals surface area contributed by atoms with Crippen molar-refractivity contribution in [2.24, 2.45) is 11.3 Å². The Morgan fingerprint density at radius 2 is 1.95 bits per heavy atom. The second-order valence-corrected chi connectivity index (χ2v) is 5.54. The smallest absolute Gasteiger partial charge is 0.327 e. The number of esters is 1. The van der Waals surface area contributed by atoms with E-state index in [1.807, 2.05) is 38.1 Å². The second-order valence-electron chi connectivity index (χ2n) is 5.54. The van der Waals surface area contributed by atoms with Crippen molar-refractivity contribution in [3.63, 3.8) is 0 Å². The van der Waals surface area contributed by atoms with Gasteiger partial charge in [0, 0.05) is 5.92 Å². The van der Waals surface area contributed by atoms with Crippen LogP contribution in [-0.2, 0) is 19.1 Å². The van der Waals surface area contributed by atoms with Crippen LogP contribution in [0.4, 0.5) is 0 Å². The Morgan fingerprint density at radius 3 is 2.48 bits per heavy atom. The molecule has 0 radical (unpaired) electrons. The van der Waals surface area contributed by atoms with Crippen molar-refractivity contribution in [1.29, 1.82) is 0 Å². The average Bonchev–Trinajstić information content (AvgIpc) is 2.51. The van der Waals surface area contributed by atoms with E-state index < -0.39 is 11.4 Å². The highest BCUT2D eigenvalue weighted by atomic mass is 16.5. The summed E-state index contributed by atoms with van der Waals surface area (Å²) in [6.45, 7) is 3.97. The summed E-state index contributed by atoms with van der Waals surface area (Å²) in [4.78, 5) is 24.4. The molecule has 1 aromatic rings. The van der Waals surface area contributed by atoms with Gasteiger partial charge in [0.05, 0.1) is 14.2 Å². The summed E-state index contributed by atoms with van der Waals surface area (Å²) in [5, 5.41) is 0. The highest BCUT2D eigenvalue weighted by Crippen LogP contribution is 2.51. The molecule has 0 saturated heterocycles. The van der Waals surface area contributed by atoms with E-state index in [0.717, 1.165) is 11.1 Å². The third-order valence-corrected chi connectivity index (χ3v) is 4.11. The zero-order chi connectivity index (χ0) is 15.6. The van der Waals surface area contributed by atoms with Gasteiger partial charge in [-0.15, -0.1) is 0 Å². The third kappa shape index (κ3) is 2.15. The van der Waals surface area contributed by atoms with Crippen molar-refractivity contribution in [3.8, 4) is 0 Å². The molecule has 0 heterocycles. The molecule has 4 nitrogen and oxygen atoms in total. The Balaban J connectivity index is 2.78. The number of rotatable bonds is 4. The molecular weight excluding hydrogens is 268 g/mol. The average molecular weight is 288 g/mol. The molecule has 0 bridgehead atoms. The van der Waals surface area contributed by atoms with Crippen molar-refractivity contribution in [3.05, 3.63) is 41.2 Å². The molecule has 1 aliphatic rings. The number of ether oxygens (including phenoxy) is 2. The molecule has 0 aromatic heterocycles. The number of carbonyl (C=O) groups is 2. The number of methoxy groups -OCH3 is 2. The molecule has 0 aliphatic heterocycles. The van der Waals surface area contributed by atoms with E-state index in [9.17, 15) is 9.59 Å². The Morgan fingerprint density at radius 1 is 1.29 bits per heavy atom. The minimum atomic E-state index is -1.42. The number of carbonyl (C=O) groups excluding carboxylic acids is 2. The monoisotopic (exact) mass is 288 g/mol. The van der Waals surface area contributed by atoms with Crippen LogP contribution in [0.1, 0.15) is 30.9 Å². The standard InChI is InChI=1S/C17H20O4/c1-11(2)15-13-8-6-5-7-12(13)9-14(20-3)17(15,10-18)16(19)21-4/h5-11,15H,1-4H3/t15-,17-/m0/s1. The fourth-order valence-corrected chi connectivity index (χ4v) is 3.27. The lowest BCUT2D eigenvalue weighted by Crippen LogP contribution is -2.46. The van der Waals surface area contributed by atoms with Crippen LogP contribution in [0, 0.1) is 11.3 Å². The maximum absolute atomic E-state index is 12.4. The van der Waals surface area contributed by atoms with Gasteiger partial charge in [0.2, 0.25) is 0 Å². The summed E-state index contributed by atoms with van der Waals surface area (Å²) in [5.74, 6) is -0.506. The van der Waals surface area contributed by atoms with Gasteiger partial charge in [0.1, 0.15) is 12.0 Å². The van der Waals surface area contributed by atoms with Crippen molar-refractivity contribution >= 4 is 18.3 Å². The largest absolute Gasteiger partial charge is 0.499 e. The number of aldehydes is 1. The number of hydrogen-bond donors (Lipinski definition) is 0. The predicted molar refractivity (Wildman–Crippen MR) is 79.5 cm³/mol. The molecule has 0 amide bonds. The highest BCUT2D eigenvalue weighted by molar-refractivity contribution is 6.00. The summed E-state index contributed by atoms with van der Waals surface area (Å²) in [5.41, 5.74) is 0.506. The zero-order valence-electron chi connectivity index (χ0n) is 12.8. The first-order valence-electron chi connectivity index (χ1n) is 6.92. The zero-order valence-corrected chi connectivity index (χ0v) is 12.8. The number of hydrogen-bond acceptors (Lipinski definition) is 4. The molecule has 4 heteroatoms. The van der Waals surface area contributed by atoms with Gasteiger partial charge in [-0.3, -0.25) is 4.79 Å². The molecule has 0 spiro atoms. The van der Waals surface area contributed by atoms with E-state index in [1.54, 1.807) is 6.08 Å². The molecule has 2 atom stereocenters. The van der Waals surface area contributed by atoms with E-state index in [-0.39, 0.29) is 11.8 Å². The molecular formula is C17H20O4. The van der Waals surface area contributed by atoms with Gasteiger partial charge < -0.3 is 14.3 Å². The minimum absolute atomic E-state index is 0.0642. The fourth-order valence-electron chi connectivity index (χ4n) is 3.27. The van der Waals surface area contributed by atoms with Crippen LogP contribution in [0.3, 0.4) is 0 Å². The molecule has 112 valence electrons. The van der Waals surface area contributed by atoms with Gasteiger partial charge in [-0.1, -0.05) is 38.1 Å². The fraction of sp³-hybridized carbons (Fsp3) is 0.412. The normalized spacial score (nSPS) is 24.0. The molecule has 0 fully saturated rings. The van der Waals surface area contributed by atoms with E-state index in [4.69, 9.17) is 9.47 Å². The number of benzene rings is 1. The van der Waals surface area contributed by atoms with Crippen molar-refractivity contribution < 1.29 is 19.1 Å². The van der Waals surface area contributed by atoms with Gasteiger partial charge >= 0.3 is 5.97 Å². The van der Waals surface area contributed by atoms with Crippen LogP contribution in [-0.4, -0.2) is 26.5 Å². The SMILES string of the molecule is COC(=O)[C@@]1(C=O)C(OC)=Cc2ccccc2[C@@H]1C(C)C. The Bertz CT molecular complexity index is 588. The summed E-state index contributed by atoms with van der Waals surface area (Å²) < 4.78 is 10.3.